The Morgan fingerprint density at radius 2 is 1.70 bits per heavy atom. The average Bonchev–Trinajstić information content (AvgIpc) is 2.52. The van der Waals surface area contributed by atoms with Gasteiger partial charge in [0, 0.05) is 12.4 Å². The van der Waals surface area contributed by atoms with E-state index in [1.54, 1.807) is 0 Å². The molecule has 0 aliphatic heterocycles. The SMILES string of the molecule is CC1(NS(=O)(=O)C(F)(F)F)CC=CC=C1N=Nc1ncc(C(F)(F)F)cn1. The van der Waals surface area contributed by atoms with Gasteiger partial charge in [-0.3, -0.25) is 0 Å². The molecule has 0 aromatic carbocycles. The van der Waals surface area contributed by atoms with Crippen LogP contribution in [0.5, 0.6) is 0 Å². The molecular weight excluding hydrogens is 404 g/mol. The molecule has 27 heavy (non-hydrogen) atoms. The lowest BCUT2D eigenvalue weighted by Gasteiger charge is -2.31. The first-order chi connectivity index (χ1) is 12.2. The van der Waals surface area contributed by atoms with Gasteiger partial charge < -0.3 is 0 Å². The molecule has 14 heteroatoms. The fraction of sp³-hybridized carbons (Fsp3) is 0.385. The van der Waals surface area contributed by atoms with Crippen LogP contribution < -0.4 is 4.72 Å². The first-order valence-corrected chi connectivity index (χ1v) is 8.51. The number of hydrogen-bond acceptors (Lipinski definition) is 6. The van der Waals surface area contributed by atoms with Crippen molar-refractivity contribution in [2.75, 3.05) is 0 Å². The van der Waals surface area contributed by atoms with Crippen molar-refractivity contribution in [3.05, 3.63) is 41.9 Å². The lowest BCUT2D eigenvalue weighted by molar-refractivity contribution is -0.138. The summed E-state index contributed by atoms with van der Waals surface area (Å²) in [6.07, 6.45) is 0.125. The van der Waals surface area contributed by atoms with Crippen molar-refractivity contribution >= 4 is 16.0 Å². The molecule has 1 aliphatic carbocycles. The lowest BCUT2D eigenvalue weighted by Crippen LogP contribution is -2.51. The highest BCUT2D eigenvalue weighted by Crippen LogP contribution is 2.32. The third-order valence-corrected chi connectivity index (χ3v) is 4.69. The van der Waals surface area contributed by atoms with Crippen molar-refractivity contribution < 1.29 is 34.8 Å². The van der Waals surface area contributed by atoms with Crippen molar-refractivity contribution in [1.82, 2.24) is 14.7 Å². The Labute approximate surface area is 149 Å². The number of hydrogen-bond donors (Lipinski definition) is 1. The molecule has 1 heterocycles. The molecule has 0 fully saturated rings. The second kappa shape index (κ2) is 6.99. The molecule has 7 nitrogen and oxygen atoms in total. The van der Waals surface area contributed by atoms with E-state index in [0.29, 0.717) is 12.4 Å². The second-order valence-electron chi connectivity index (χ2n) is 5.54. The van der Waals surface area contributed by atoms with Gasteiger partial charge in [-0.15, -0.1) is 10.2 Å². The summed E-state index contributed by atoms with van der Waals surface area (Å²) in [4.78, 5) is 6.67. The summed E-state index contributed by atoms with van der Waals surface area (Å²) in [5, 5.41) is 7.06. The summed E-state index contributed by atoms with van der Waals surface area (Å²) in [5.41, 5.74) is -8.64. The number of nitrogens with one attached hydrogen (secondary N) is 1. The van der Waals surface area contributed by atoms with Crippen LogP contribution in [-0.4, -0.2) is 29.4 Å². The van der Waals surface area contributed by atoms with E-state index < -0.39 is 38.8 Å². The molecule has 1 aromatic rings. The predicted octanol–water partition coefficient (Wildman–Crippen LogP) is 3.62. The van der Waals surface area contributed by atoms with Crippen LogP contribution in [0.2, 0.25) is 0 Å². The lowest BCUT2D eigenvalue weighted by atomic mass is 9.91. The van der Waals surface area contributed by atoms with Crippen molar-refractivity contribution in [2.24, 2.45) is 10.2 Å². The first-order valence-electron chi connectivity index (χ1n) is 7.03. The number of halogens is 6. The number of allylic oxidation sites excluding steroid dienone is 2. The monoisotopic (exact) mass is 415 g/mol. The Kier molecular flexibility index (Phi) is 5.43. The van der Waals surface area contributed by atoms with Crippen LogP contribution in [-0.2, 0) is 16.2 Å². The zero-order valence-electron chi connectivity index (χ0n) is 13.4. The third-order valence-electron chi connectivity index (χ3n) is 3.36. The zero-order valence-corrected chi connectivity index (χ0v) is 14.2. The standard InChI is InChI=1S/C13H11F6N5O2S/c1-11(24-27(25,26)13(17,18)19)5-3-2-4-9(11)22-23-10-20-6-8(7-21-10)12(14,15)16/h2-4,6-7,24H,5H2,1H3. The van der Waals surface area contributed by atoms with Crippen molar-refractivity contribution in [3.63, 3.8) is 0 Å². The van der Waals surface area contributed by atoms with Crippen LogP contribution >= 0.6 is 0 Å². The van der Waals surface area contributed by atoms with Gasteiger partial charge in [0.25, 0.3) is 5.95 Å². The van der Waals surface area contributed by atoms with Crippen LogP contribution in [0, 0.1) is 0 Å². The normalized spacial score (nSPS) is 21.5. The molecular formula is C13H11F6N5O2S. The van der Waals surface area contributed by atoms with Gasteiger partial charge in [0.15, 0.2) is 0 Å². The molecule has 1 aromatic heterocycles. The van der Waals surface area contributed by atoms with E-state index in [-0.39, 0.29) is 12.1 Å². The van der Waals surface area contributed by atoms with Gasteiger partial charge in [-0.25, -0.2) is 18.4 Å². The minimum atomic E-state index is -5.68. The third kappa shape index (κ3) is 4.88. The van der Waals surface area contributed by atoms with E-state index in [9.17, 15) is 34.8 Å². The smallest absolute Gasteiger partial charge is 0.218 e. The van der Waals surface area contributed by atoms with E-state index in [4.69, 9.17) is 0 Å². The molecule has 0 spiro atoms. The molecule has 1 atom stereocenters. The average molecular weight is 415 g/mol. The summed E-state index contributed by atoms with van der Waals surface area (Å²) >= 11 is 0. The first kappa shape index (κ1) is 21.0. The summed E-state index contributed by atoms with van der Waals surface area (Å²) in [6.45, 7) is 1.15. The summed E-state index contributed by atoms with van der Waals surface area (Å²) in [7, 11) is -5.68. The maximum Gasteiger partial charge on any atom is 0.511 e. The van der Waals surface area contributed by atoms with E-state index >= 15 is 0 Å². The van der Waals surface area contributed by atoms with Gasteiger partial charge in [0.05, 0.1) is 16.8 Å². The molecule has 1 aliphatic rings. The molecule has 1 N–H and O–H groups in total. The van der Waals surface area contributed by atoms with Crippen molar-refractivity contribution in [1.29, 1.82) is 0 Å². The maximum absolute atomic E-state index is 12.6. The number of azo groups is 1. The van der Waals surface area contributed by atoms with Gasteiger partial charge in [-0.05, 0) is 19.4 Å². The molecule has 0 saturated heterocycles. The van der Waals surface area contributed by atoms with Gasteiger partial charge >= 0.3 is 21.7 Å². The largest absolute Gasteiger partial charge is 0.511 e. The Morgan fingerprint density at radius 3 is 2.22 bits per heavy atom. The van der Waals surface area contributed by atoms with Gasteiger partial charge in [-0.1, -0.05) is 12.2 Å². The predicted molar refractivity (Wildman–Crippen MR) is 79.9 cm³/mol. The topological polar surface area (TPSA) is 96.7 Å². The van der Waals surface area contributed by atoms with E-state index in [1.807, 2.05) is 0 Å². The summed E-state index contributed by atoms with van der Waals surface area (Å²) in [5.74, 6) is -0.487. The maximum atomic E-state index is 12.6. The second-order valence-corrected chi connectivity index (χ2v) is 7.21. The van der Waals surface area contributed by atoms with Gasteiger partial charge in [0.2, 0.25) is 0 Å². The number of sulfonamides is 1. The van der Waals surface area contributed by atoms with Gasteiger partial charge in [-0.2, -0.15) is 31.1 Å². The number of nitrogens with zero attached hydrogens (tertiary/aromatic N) is 4. The molecule has 0 saturated carbocycles. The zero-order chi connectivity index (χ0) is 20.5. The highest BCUT2D eigenvalue weighted by Gasteiger charge is 2.50. The van der Waals surface area contributed by atoms with Crippen LogP contribution in [0.3, 0.4) is 0 Å². The van der Waals surface area contributed by atoms with Gasteiger partial charge in [0.1, 0.15) is 0 Å². The van der Waals surface area contributed by atoms with Crippen LogP contribution in [0.4, 0.5) is 32.3 Å². The molecule has 0 radical (unpaired) electrons. The molecule has 148 valence electrons. The Balaban J connectivity index is 2.26. The van der Waals surface area contributed by atoms with Crippen molar-refractivity contribution in [2.45, 2.75) is 30.6 Å². The Bertz CT molecular complexity index is 889. The minimum Gasteiger partial charge on any atom is -0.218 e. The van der Waals surface area contributed by atoms with Crippen LogP contribution in [0.1, 0.15) is 18.9 Å². The molecule has 0 amide bonds. The van der Waals surface area contributed by atoms with E-state index in [1.165, 1.54) is 23.0 Å². The van der Waals surface area contributed by atoms with Crippen molar-refractivity contribution in [3.8, 4) is 0 Å². The number of rotatable bonds is 4. The molecule has 2 rings (SSSR count). The van der Waals surface area contributed by atoms with E-state index in [2.05, 4.69) is 20.2 Å². The fourth-order valence-electron chi connectivity index (χ4n) is 1.96. The highest BCUT2D eigenvalue weighted by molar-refractivity contribution is 7.90. The van der Waals surface area contributed by atoms with E-state index in [0.717, 1.165) is 6.92 Å². The minimum absolute atomic E-state index is 0.166. The highest BCUT2D eigenvalue weighted by atomic mass is 32.2. The number of alkyl halides is 6. The Hall–Kier alpha value is -2.35. The van der Waals surface area contributed by atoms with Crippen LogP contribution in [0.25, 0.3) is 0 Å². The number of aromatic nitrogens is 2. The molecule has 0 bridgehead atoms. The quantitative estimate of drug-likeness (QED) is 0.600. The summed E-state index contributed by atoms with van der Waals surface area (Å²) < 4.78 is 99.5. The fourth-order valence-corrected chi connectivity index (χ4v) is 2.86. The van der Waals surface area contributed by atoms with Crippen LogP contribution in [0.15, 0.2) is 46.5 Å². The molecule has 1 unspecified atom stereocenters. The summed E-state index contributed by atoms with van der Waals surface area (Å²) in [6, 6.07) is 0. The Morgan fingerprint density at radius 1 is 1.11 bits per heavy atom.